The average Bonchev–Trinajstić information content (AvgIpc) is 2.44. The average molecular weight is 198 g/mol. The second kappa shape index (κ2) is 4.30. The number of hydrogen-bond acceptors (Lipinski definition) is 2. The minimum absolute atomic E-state index is 0.0448. The molecule has 1 rings (SSSR count). The predicted octanol–water partition coefficient (Wildman–Crippen LogP) is 1.29. The van der Waals surface area contributed by atoms with E-state index in [4.69, 9.17) is 0 Å². The number of rotatable bonds is 3. The Balaban J connectivity index is 2.48. The van der Waals surface area contributed by atoms with Crippen LogP contribution in [0.3, 0.4) is 0 Å². The van der Waals surface area contributed by atoms with Crippen LogP contribution in [0.1, 0.15) is 40.5 Å². The molecular weight excluding hydrogens is 176 g/mol. The van der Waals surface area contributed by atoms with Crippen molar-refractivity contribution in [3.8, 4) is 0 Å². The van der Waals surface area contributed by atoms with Crippen LogP contribution in [0.15, 0.2) is 0 Å². The molecule has 1 aliphatic heterocycles. The van der Waals surface area contributed by atoms with Gasteiger partial charge in [-0.25, -0.2) is 0 Å². The van der Waals surface area contributed by atoms with Gasteiger partial charge in [-0.15, -0.1) is 0 Å². The third kappa shape index (κ3) is 2.47. The third-order valence-electron chi connectivity index (χ3n) is 3.26. The molecule has 1 aliphatic rings. The summed E-state index contributed by atoms with van der Waals surface area (Å²) in [4.78, 5) is 11.7. The highest BCUT2D eigenvalue weighted by atomic mass is 16.1. The van der Waals surface area contributed by atoms with Crippen molar-refractivity contribution in [3.63, 3.8) is 0 Å². The van der Waals surface area contributed by atoms with Gasteiger partial charge in [0.05, 0.1) is 0 Å². The maximum atomic E-state index is 11.7. The van der Waals surface area contributed by atoms with E-state index in [0.29, 0.717) is 0 Å². The second-order valence-electron chi connectivity index (χ2n) is 4.81. The lowest BCUT2D eigenvalue weighted by Gasteiger charge is -2.28. The fraction of sp³-hybridized carbons (Fsp3) is 0.909. The molecular formula is C11H22N2O. The quantitative estimate of drug-likeness (QED) is 0.717. The van der Waals surface area contributed by atoms with Gasteiger partial charge in [0.25, 0.3) is 0 Å². The summed E-state index contributed by atoms with van der Waals surface area (Å²) in [6, 6.07) is 0.281. The first kappa shape index (κ1) is 11.5. The van der Waals surface area contributed by atoms with Crippen molar-refractivity contribution in [2.75, 3.05) is 6.54 Å². The molecule has 0 radical (unpaired) electrons. The summed E-state index contributed by atoms with van der Waals surface area (Å²) in [6.45, 7) is 9.30. The highest BCUT2D eigenvalue weighted by Gasteiger charge is 2.35. The molecule has 1 fully saturated rings. The predicted molar refractivity (Wildman–Crippen MR) is 58.1 cm³/mol. The van der Waals surface area contributed by atoms with Crippen molar-refractivity contribution in [2.45, 2.75) is 52.1 Å². The van der Waals surface area contributed by atoms with E-state index in [-0.39, 0.29) is 23.4 Å². The SMILES string of the molecule is CCC(C)C(=O)NC1CCNC1(C)C. The van der Waals surface area contributed by atoms with Gasteiger partial charge >= 0.3 is 0 Å². The summed E-state index contributed by atoms with van der Waals surface area (Å²) in [6.07, 6.45) is 1.95. The fourth-order valence-electron chi connectivity index (χ4n) is 1.77. The largest absolute Gasteiger partial charge is 0.351 e. The van der Waals surface area contributed by atoms with Gasteiger partial charge in [0, 0.05) is 17.5 Å². The van der Waals surface area contributed by atoms with Crippen LogP contribution in [0.2, 0.25) is 0 Å². The summed E-state index contributed by atoms with van der Waals surface area (Å²) in [5.41, 5.74) is 0.0448. The van der Waals surface area contributed by atoms with Gasteiger partial charge in [-0.3, -0.25) is 4.79 Å². The number of carbonyl (C=O) groups is 1. The lowest BCUT2D eigenvalue weighted by molar-refractivity contribution is -0.125. The van der Waals surface area contributed by atoms with Crippen LogP contribution in [0.4, 0.5) is 0 Å². The molecule has 1 heterocycles. The van der Waals surface area contributed by atoms with E-state index in [2.05, 4.69) is 24.5 Å². The van der Waals surface area contributed by atoms with Gasteiger partial charge in [-0.05, 0) is 33.2 Å². The maximum Gasteiger partial charge on any atom is 0.223 e. The Kier molecular flexibility index (Phi) is 3.53. The van der Waals surface area contributed by atoms with Crippen LogP contribution < -0.4 is 10.6 Å². The molecule has 14 heavy (non-hydrogen) atoms. The molecule has 0 aliphatic carbocycles. The lowest BCUT2D eigenvalue weighted by atomic mass is 9.96. The van der Waals surface area contributed by atoms with Crippen LogP contribution in [0.25, 0.3) is 0 Å². The topological polar surface area (TPSA) is 41.1 Å². The van der Waals surface area contributed by atoms with Crippen LogP contribution in [0.5, 0.6) is 0 Å². The molecule has 3 nitrogen and oxygen atoms in total. The van der Waals surface area contributed by atoms with Gasteiger partial charge < -0.3 is 10.6 Å². The molecule has 0 bridgehead atoms. The highest BCUT2D eigenvalue weighted by molar-refractivity contribution is 5.78. The Bertz CT molecular complexity index is 213. The molecule has 2 atom stereocenters. The number of nitrogens with one attached hydrogen (secondary N) is 2. The Morgan fingerprint density at radius 2 is 2.29 bits per heavy atom. The molecule has 0 saturated carbocycles. The van der Waals surface area contributed by atoms with E-state index >= 15 is 0 Å². The van der Waals surface area contributed by atoms with Gasteiger partial charge in [0.15, 0.2) is 0 Å². The normalized spacial score (nSPS) is 27.3. The first-order valence-corrected chi connectivity index (χ1v) is 5.52. The van der Waals surface area contributed by atoms with E-state index in [1.54, 1.807) is 0 Å². The molecule has 0 aromatic carbocycles. The monoisotopic (exact) mass is 198 g/mol. The maximum absolute atomic E-state index is 11.7. The zero-order chi connectivity index (χ0) is 10.8. The van der Waals surface area contributed by atoms with Crippen molar-refractivity contribution in [2.24, 2.45) is 5.92 Å². The van der Waals surface area contributed by atoms with Crippen molar-refractivity contribution >= 4 is 5.91 Å². The molecule has 2 unspecified atom stereocenters. The standard InChI is InChI=1S/C11H22N2O/c1-5-8(2)10(14)13-9-6-7-12-11(9,3)4/h8-9,12H,5-7H2,1-4H3,(H,13,14). The van der Waals surface area contributed by atoms with E-state index in [9.17, 15) is 4.79 Å². The molecule has 1 saturated heterocycles. The minimum atomic E-state index is 0.0448. The van der Waals surface area contributed by atoms with Crippen LogP contribution in [0, 0.1) is 5.92 Å². The molecule has 2 N–H and O–H groups in total. The minimum Gasteiger partial charge on any atom is -0.351 e. The Morgan fingerprint density at radius 1 is 1.64 bits per heavy atom. The van der Waals surface area contributed by atoms with Gasteiger partial charge in [0.2, 0.25) is 5.91 Å². The molecule has 0 aromatic heterocycles. The molecule has 3 heteroatoms. The first-order chi connectivity index (χ1) is 6.47. The number of amides is 1. The fourth-order valence-corrected chi connectivity index (χ4v) is 1.77. The zero-order valence-corrected chi connectivity index (χ0v) is 9.68. The first-order valence-electron chi connectivity index (χ1n) is 5.52. The second-order valence-corrected chi connectivity index (χ2v) is 4.81. The van der Waals surface area contributed by atoms with E-state index < -0.39 is 0 Å². The Labute approximate surface area is 86.6 Å². The third-order valence-corrected chi connectivity index (χ3v) is 3.26. The van der Waals surface area contributed by atoms with E-state index in [1.807, 2.05) is 13.8 Å². The smallest absolute Gasteiger partial charge is 0.223 e. The summed E-state index contributed by atoms with van der Waals surface area (Å²) < 4.78 is 0. The van der Waals surface area contributed by atoms with Crippen molar-refractivity contribution < 1.29 is 4.79 Å². The number of carbonyl (C=O) groups excluding carboxylic acids is 1. The van der Waals surface area contributed by atoms with Gasteiger partial charge in [-0.2, -0.15) is 0 Å². The van der Waals surface area contributed by atoms with Gasteiger partial charge in [0.1, 0.15) is 0 Å². The Morgan fingerprint density at radius 3 is 2.71 bits per heavy atom. The molecule has 0 spiro atoms. The molecule has 82 valence electrons. The summed E-state index contributed by atoms with van der Waals surface area (Å²) >= 11 is 0. The van der Waals surface area contributed by atoms with E-state index in [1.165, 1.54) is 0 Å². The van der Waals surface area contributed by atoms with E-state index in [0.717, 1.165) is 19.4 Å². The van der Waals surface area contributed by atoms with Crippen molar-refractivity contribution in [3.05, 3.63) is 0 Å². The zero-order valence-electron chi connectivity index (χ0n) is 9.68. The van der Waals surface area contributed by atoms with Crippen LogP contribution in [-0.4, -0.2) is 24.0 Å². The summed E-state index contributed by atoms with van der Waals surface area (Å²) in [7, 11) is 0. The molecule has 0 aromatic rings. The highest BCUT2D eigenvalue weighted by Crippen LogP contribution is 2.19. The van der Waals surface area contributed by atoms with Crippen LogP contribution >= 0.6 is 0 Å². The van der Waals surface area contributed by atoms with Crippen LogP contribution in [-0.2, 0) is 4.79 Å². The molecule has 1 amide bonds. The van der Waals surface area contributed by atoms with Crippen molar-refractivity contribution in [1.82, 2.24) is 10.6 Å². The van der Waals surface area contributed by atoms with Crippen molar-refractivity contribution in [1.29, 1.82) is 0 Å². The summed E-state index contributed by atoms with van der Waals surface area (Å²) in [5, 5.41) is 6.51. The Hall–Kier alpha value is -0.570. The van der Waals surface area contributed by atoms with Gasteiger partial charge in [-0.1, -0.05) is 13.8 Å². The summed E-state index contributed by atoms with van der Waals surface area (Å²) in [5.74, 6) is 0.320. The number of hydrogen-bond donors (Lipinski definition) is 2. The lowest BCUT2D eigenvalue weighted by Crippen LogP contribution is -2.51.